The predicted molar refractivity (Wildman–Crippen MR) is 78.7 cm³/mol. The van der Waals surface area contributed by atoms with Gasteiger partial charge in [-0.1, -0.05) is 13.8 Å². The minimum absolute atomic E-state index is 0.0494. The number of nitrogens with one attached hydrogen (secondary N) is 1. The predicted octanol–water partition coefficient (Wildman–Crippen LogP) is 1.39. The number of carbonyl (C=O) groups excluding carboxylic acids is 2. The fourth-order valence-electron chi connectivity index (χ4n) is 2.57. The molecule has 1 fully saturated rings. The van der Waals surface area contributed by atoms with Crippen molar-refractivity contribution in [2.24, 2.45) is 5.92 Å². The third-order valence-electron chi connectivity index (χ3n) is 3.84. The fraction of sp³-hybridized carbons (Fsp3) is 0.800. The summed E-state index contributed by atoms with van der Waals surface area (Å²) in [6.07, 6.45) is 3.25. The van der Waals surface area contributed by atoms with E-state index in [1.807, 2.05) is 13.8 Å². The first kappa shape index (κ1) is 17.5. The van der Waals surface area contributed by atoms with Crippen LogP contribution in [0.15, 0.2) is 0 Å². The minimum Gasteiger partial charge on any atom is -0.480 e. The van der Waals surface area contributed by atoms with Gasteiger partial charge in [0.1, 0.15) is 6.04 Å². The second-order valence-electron chi connectivity index (χ2n) is 5.77. The van der Waals surface area contributed by atoms with Gasteiger partial charge in [0.2, 0.25) is 11.8 Å². The van der Waals surface area contributed by atoms with E-state index >= 15 is 0 Å². The Bertz CT molecular complexity index is 384. The topological polar surface area (TPSA) is 86.7 Å². The Labute approximate surface area is 125 Å². The van der Waals surface area contributed by atoms with Crippen LogP contribution in [0.3, 0.4) is 0 Å². The smallest absolute Gasteiger partial charge is 0.326 e. The monoisotopic (exact) mass is 298 g/mol. The Hall–Kier alpha value is -1.59. The van der Waals surface area contributed by atoms with Gasteiger partial charge in [-0.3, -0.25) is 9.59 Å². The molecular weight excluding hydrogens is 272 g/mol. The van der Waals surface area contributed by atoms with Gasteiger partial charge >= 0.3 is 5.97 Å². The maximum Gasteiger partial charge on any atom is 0.326 e. The molecule has 6 heteroatoms. The van der Waals surface area contributed by atoms with Crippen molar-refractivity contribution >= 4 is 17.8 Å². The van der Waals surface area contributed by atoms with Crippen LogP contribution in [0, 0.1) is 5.92 Å². The number of likely N-dealkylation sites (tertiary alicyclic amines) is 1. The van der Waals surface area contributed by atoms with E-state index < -0.39 is 12.0 Å². The highest BCUT2D eigenvalue weighted by Gasteiger charge is 2.34. The van der Waals surface area contributed by atoms with E-state index in [0.29, 0.717) is 38.3 Å². The van der Waals surface area contributed by atoms with Crippen molar-refractivity contribution in [2.75, 3.05) is 13.1 Å². The Morgan fingerprint density at radius 1 is 1.29 bits per heavy atom. The van der Waals surface area contributed by atoms with Gasteiger partial charge in [0.25, 0.3) is 0 Å². The van der Waals surface area contributed by atoms with Crippen LogP contribution in [0.1, 0.15) is 52.4 Å². The summed E-state index contributed by atoms with van der Waals surface area (Å²) in [5.74, 6) is -0.810. The van der Waals surface area contributed by atoms with Gasteiger partial charge in [0.15, 0.2) is 0 Å². The van der Waals surface area contributed by atoms with Crippen LogP contribution in [0.4, 0.5) is 0 Å². The van der Waals surface area contributed by atoms with E-state index in [4.69, 9.17) is 0 Å². The lowest BCUT2D eigenvalue weighted by atomic mass is 9.92. The van der Waals surface area contributed by atoms with Crippen molar-refractivity contribution in [3.05, 3.63) is 0 Å². The number of carboxylic acid groups (broad SMARTS) is 1. The number of hydrogen-bond donors (Lipinski definition) is 2. The molecule has 6 nitrogen and oxygen atoms in total. The molecule has 0 aromatic carbocycles. The zero-order valence-corrected chi connectivity index (χ0v) is 12.9. The molecule has 1 aliphatic heterocycles. The molecule has 0 aliphatic carbocycles. The first-order valence-electron chi connectivity index (χ1n) is 7.74. The highest BCUT2D eigenvalue weighted by molar-refractivity contribution is 5.84. The molecule has 0 aromatic rings. The van der Waals surface area contributed by atoms with E-state index in [9.17, 15) is 19.5 Å². The Balaban J connectivity index is 2.39. The van der Waals surface area contributed by atoms with Gasteiger partial charge in [-0.25, -0.2) is 4.79 Å². The van der Waals surface area contributed by atoms with Crippen molar-refractivity contribution in [2.45, 2.75) is 58.4 Å². The van der Waals surface area contributed by atoms with Gasteiger partial charge in [-0.05, 0) is 31.6 Å². The second-order valence-corrected chi connectivity index (χ2v) is 5.77. The van der Waals surface area contributed by atoms with E-state index in [1.54, 1.807) is 0 Å². The Kier molecular flexibility index (Phi) is 7.19. The van der Waals surface area contributed by atoms with Gasteiger partial charge in [-0.2, -0.15) is 0 Å². The zero-order chi connectivity index (χ0) is 15.8. The standard InChI is InChI=1S/C15H26N2O4/c1-3-8-16-13(18)5-4-6-14(19)17-9-7-11(2)10-12(17)15(20)21/h11-12H,3-10H2,1-2H3,(H,16,18)(H,20,21). The summed E-state index contributed by atoms with van der Waals surface area (Å²) in [6.45, 7) is 5.14. The average molecular weight is 298 g/mol. The number of rotatable bonds is 7. The molecule has 0 radical (unpaired) electrons. The molecule has 1 heterocycles. The molecule has 120 valence electrons. The van der Waals surface area contributed by atoms with Crippen molar-refractivity contribution < 1.29 is 19.5 Å². The molecule has 1 rings (SSSR count). The molecule has 1 aliphatic rings. The molecule has 2 amide bonds. The second kappa shape index (κ2) is 8.64. The van der Waals surface area contributed by atoms with Crippen molar-refractivity contribution in [3.8, 4) is 0 Å². The third-order valence-corrected chi connectivity index (χ3v) is 3.84. The van der Waals surface area contributed by atoms with Crippen LogP contribution in [-0.2, 0) is 14.4 Å². The number of carboxylic acids is 1. The SMILES string of the molecule is CCCNC(=O)CCCC(=O)N1CCC(C)CC1C(=O)O. The lowest BCUT2D eigenvalue weighted by Crippen LogP contribution is -2.49. The van der Waals surface area contributed by atoms with Crippen molar-refractivity contribution in [1.82, 2.24) is 10.2 Å². The highest BCUT2D eigenvalue weighted by Crippen LogP contribution is 2.23. The summed E-state index contributed by atoms with van der Waals surface area (Å²) >= 11 is 0. The van der Waals surface area contributed by atoms with Crippen LogP contribution in [0.25, 0.3) is 0 Å². The van der Waals surface area contributed by atoms with E-state index in [1.165, 1.54) is 4.90 Å². The first-order valence-corrected chi connectivity index (χ1v) is 7.74. The average Bonchev–Trinajstić information content (AvgIpc) is 2.44. The molecule has 2 unspecified atom stereocenters. The summed E-state index contributed by atoms with van der Waals surface area (Å²) in [5, 5.41) is 12.0. The molecule has 21 heavy (non-hydrogen) atoms. The number of hydrogen-bond acceptors (Lipinski definition) is 3. The quantitative estimate of drug-likeness (QED) is 0.743. The molecule has 2 N–H and O–H groups in total. The first-order chi connectivity index (χ1) is 9.95. The van der Waals surface area contributed by atoms with Crippen LogP contribution in [0.2, 0.25) is 0 Å². The maximum atomic E-state index is 12.1. The van der Waals surface area contributed by atoms with Gasteiger partial charge in [0.05, 0.1) is 0 Å². The van der Waals surface area contributed by atoms with E-state index in [2.05, 4.69) is 5.32 Å². The summed E-state index contributed by atoms with van der Waals surface area (Å²) in [4.78, 5) is 36.3. The number of carbonyl (C=O) groups is 3. The number of aliphatic carboxylic acids is 1. The minimum atomic E-state index is -0.935. The number of nitrogens with zero attached hydrogens (tertiary/aromatic N) is 1. The molecule has 0 spiro atoms. The molecule has 0 bridgehead atoms. The molecule has 2 atom stereocenters. The Morgan fingerprint density at radius 3 is 2.62 bits per heavy atom. The van der Waals surface area contributed by atoms with Crippen LogP contribution >= 0.6 is 0 Å². The zero-order valence-electron chi connectivity index (χ0n) is 12.9. The summed E-state index contributed by atoms with van der Waals surface area (Å²) in [5.41, 5.74) is 0. The fourth-order valence-corrected chi connectivity index (χ4v) is 2.57. The number of amides is 2. The van der Waals surface area contributed by atoms with Crippen molar-refractivity contribution in [1.29, 1.82) is 0 Å². The van der Waals surface area contributed by atoms with Gasteiger partial charge < -0.3 is 15.3 Å². The summed E-state index contributed by atoms with van der Waals surface area (Å²) in [7, 11) is 0. The van der Waals surface area contributed by atoms with Crippen molar-refractivity contribution in [3.63, 3.8) is 0 Å². The number of piperidine rings is 1. The third kappa shape index (κ3) is 5.73. The van der Waals surface area contributed by atoms with Crippen LogP contribution < -0.4 is 5.32 Å². The molecule has 0 saturated carbocycles. The molecular formula is C15H26N2O4. The normalized spacial score (nSPS) is 21.9. The summed E-state index contributed by atoms with van der Waals surface area (Å²) in [6, 6.07) is -0.713. The van der Waals surface area contributed by atoms with Gasteiger partial charge in [0, 0.05) is 25.9 Å². The maximum absolute atomic E-state index is 12.1. The lowest BCUT2D eigenvalue weighted by Gasteiger charge is -2.36. The molecule has 1 saturated heterocycles. The lowest BCUT2D eigenvalue weighted by molar-refractivity contribution is -0.153. The summed E-state index contributed by atoms with van der Waals surface area (Å²) < 4.78 is 0. The van der Waals surface area contributed by atoms with Crippen LogP contribution in [0.5, 0.6) is 0 Å². The van der Waals surface area contributed by atoms with Gasteiger partial charge in [-0.15, -0.1) is 0 Å². The highest BCUT2D eigenvalue weighted by atomic mass is 16.4. The van der Waals surface area contributed by atoms with Crippen LogP contribution in [-0.4, -0.2) is 46.9 Å². The molecule has 0 aromatic heterocycles. The Morgan fingerprint density at radius 2 is 2.00 bits per heavy atom. The van der Waals surface area contributed by atoms with E-state index in [0.717, 1.165) is 12.8 Å². The van der Waals surface area contributed by atoms with E-state index in [-0.39, 0.29) is 18.2 Å². The largest absolute Gasteiger partial charge is 0.480 e.